The largest absolute Gasteiger partial charge is 0.475 e. The first-order valence-electron chi connectivity index (χ1n) is 12.1. The Labute approximate surface area is 239 Å². The minimum atomic E-state index is -0.642. The van der Waals surface area contributed by atoms with E-state index >= 15 is 0 Å². The van der Waals surface area contributed by atoms with Crippen molar-refractivity contribution in [1.82, 2.24) is 15.0 Å². The van der Waals surface area contributed by atoms with Gasteiger partial charge in [-0.25, -0.2) is 15.0 Å². The number of halogens is 1. The lowest BCUT2D eigenvalue weighted by atomic mass is 9.98. The summed E-state index contributed by atoms with van der Waals surface area (Å²) in [5.74, 6) is 0.551. The van der Waals surface area contributed by atoms with E-state index in [4.69, 9.17) is 36.0 Å². The number of hydrogen-bond donors (Lipinski definition) is 1. The minimum absolute atomic E-state index is 0.0160. The summed E-state index contributed by atoms with van der Waals surface area (Å²) >= 11 is 7.23. The zero-order chi connectivity index (χ0) is 28.3. The molecule has 1 aromatic carbocycles. The molecule has 12 heteroatoms. The number of thioether (sulfide) groups is 1. The van der Waals surface area contributed by atoms with E-state index < -0.39 is 5.79 Å². The third-order valence-corrected chi connectivity index (χ3v) is 7.19. The Kier molecular flexibility index (Phi) is 7.92. The average Bonchev–Trinajstić information content (AvgIpc) is 3.56. The molecule has 4 aromatic rings. The molecule has 0 bridgehead atoms. The molecule has 3 aromatic heterocycles. The van der Waals surface area contributed by atoms with Gasteiger partial charge in [0.1, 0.15) is 47.5 Å². The Hall–Kier alpha value is -4.13. The number of aromatic nitrogens is 3. The van der Waals surface area contributed by atoms with Gasteiger partial charge in [-0.15, -0.1) is 0 Å². The van der Waals surface area contributed by atoms with Crippen molar-refractivity contribution in [1.29, 1.82) is 10.5 Å². The van der Waals surface area contributed by atoms with Gasteiger partial charge in [-0.05, 0) is 44.2 Å². The highest BCUT2D eigenvalue weighted by Crippen LogP contribution is 2.37. The summed E-state index contributed by atoms with van der Waals surface area (Å²) in [6.45, 7) is 4.39. The molecule has 1 atom stereocenters. The number of nitrogen functional groups attached to an aromatic ring is 1. The molecular weight excluding hydrogens is 552 g/mol. The number of nitrogens with two attached hydrogens (primary N) is 1. The molecule has 0 spiro atoms. The van der Waals surface area contributed by atoms with Crippen LogP contribution in [0.3, 0.4) is 0 Å². The molecule has 202 valence electrons. The first-order chi connectivity index (χ1) is 19.3. The highest BCUT2D eigenvalue weighted by molar-refractivity contribution is 7.98. The molecule has 5 rings (SSSR count). The van der Waals surface area contributed by atoms with Crippen molar-refractivity contribution in [3.05, 3.63) is 70.7 Å². The van der Waals surface area contributed by atoms with E-state index in [0.717, 1.165) is 5.56 Å². The van der Waals surface area contributed by atoms with Gasteiger partial charge in [0, 0.05) is 39.7 Å². The van der Waals surface area contributed by atoms with Crippen LogP contribution >= 0.6 is 23.4 Å². The lowest BCUT2D eigenvalue weighted by Crippen LogP contribution is -2.25. The summed E-state index contributed by atoms with van der Waals surface area (Å²) in [5.41, 5.74) is 8.79. The van der Waals surface area contributed by atoms with Crippen LogP contribution in [0.25, 0.3) is 22.6 Å². The zero-order valence-electron chi connectivity index (χ0n) is 21.6. The number of pyridine rings is 2. The van der Waals surface area contributed by atoms with Crippen molar-refractivity contribution < 1.29 is 18.6 Å². The number of benzene rings is 1. The van der Waals surface area contributed by atoms with Gasteiger partial charge in [-0.3, -0.25) is 0 Å². The van der Waals surface area contributed by atoms with Gasteiger partial charge in [0.05, 0.1) is 17.9 Å². The molecule has 0 radical (unpaired) electrons. The van der Waals surface area contributed by atoms with Crippen molar-refractivity contribution in [2.45, 2.75) is 36.5 Å². The van der Waals surface area contributed by atoms with Crippen molar-refractivity contribution >= 4 is 29.2 Å². The molecule has 1 aliphatic heterocycles. The van der Waals surface area contributed by atoms with Crippen LogP contribution in [-0.2, 0) is 15.2 Å². The molecule has 4 heterocycles. The number of anilines is 1. The minimum Gasteiger partial charge on any atom is -0.475 e. The summed E-state index contributed by atoms with van der Waals surface area (Å²) < 4.78 is 22.7. The Morgan fingerprint density at radius 1 is 1.10 bits per heavy atom. The summed E-state index contributed by atoms with van der Waals surface area (Å²) in [5, 5.41) is 20.9. The summed E-state index contributed by atoms with van der Waals surface area (Å²) in [6, 6.07) is 14.8. The summed E-state index contributed by atoms with van der Waals surface area (Å²) in [6.07, 6.45) is 2.87. The second kappa shape index (κ2) is 11.5. The predicted octanol–water partition coefficient (Wildman–Crippen LogP) is 5.60. The molecule has 0 saturated carbocycles. The van der Waals surface area contributed by atoms with Gasteiger partial charge in [-0.1, -0.05) is 23.4 Å². The Morgan fingerprint density at radius 3 is 2.50 bits per heavy atom. The van der Waals surface area contributed by atoms with E-state index in [-0.39, 0.29) is 29.7 Å². The van der Waals surface area contributed by atoms with Crippen LogP contribution in [0.15, 0.2) is 58.3 Å². The topological polar surface area (TPSA) is 153 Å². The second-order valence-electron chi connectivity index (χ2n) is 9.24. The van der Waals surface area contributed by atoms with Crippen LogP contribution in [0.4, 0.5) is 5.82 Å². The first kappa shape index (κ1) is 27.4. The molecule has 1 fully saturated rings. The summed E-state index contributed by atoms with van der Waals surface area (Å²) in [4.78, 5) is 13.2. The smallest absolute Gasteiger partial charge is 0.226 e. The Balaban J connectivity index is 1.35. The van der Waals surface area contributed by atoms with E-state index in [1.807, 2.05) is 26.0 Å². The Morgan fingerprint density at radius 2 is 1.85 bits per heavy atom. The summed E-state index contributed by atoms with van der Waals surface area (Å²) in [7, 11) is 0. The molecule has 2 N–H and O–H groups in total. The molecule has 1 aliphatic rings. The molecule has 40 heavy (non-hydrogen) atoms. The average molecular weight is 575 g/mol. The number of rotatable bonds is 8. The third kappa shape index (κ3) is 6.03. The van der Waals surface area contributed by atoms with E-state index in [9.17, 15) is 10.5 Å². The van der Waals surface area contributed by atoms with Gasteiger partial charge in [-0.2, -0.15) is 10.5 Å². The van der Waals surface area contributed by atoms with Crippen LogP contribution in [0.2, 0.25) is 5.02 Å². The fourth-order valence-corrected chi connectivity index (χ4v) is 5.07. The van der Waals surface area contributed by atoms with Gasteiger partial charge in [0.2, 0.25) is 11.8 Å². The fourth-order valence-electron chi connectivity index (χ4n) is 4.07. The molecular formula is C28H23ClN6O4S. The monoisotopic (exact) mass is 574 g/mol. The van der Waals surface area contributed by atoms with Gasteiger partial charge in [0.25, 0.3) is 0 Å². The molecule has 0 amide bonds. The lowest BCUT2D eigenvalue weighted by molar-refractivity contribution is -0.141. The number of nitrogens with zero attached hydrogens (tertiary/aromatic N) is 5. The van der Waals surface area contributed by atoms with E-state index in [1.165, 1.54) is 18.0 Å². The second-order valence-corrected chi connectivity index (χ2v) is 10.6. The first-order valence-corrected chi connectivity index (χ1v) is 13.5. The molecule has 0 aliphatic carbocycles. The number of nitriles is 2. The maximum Gasteiger partial charge on any atom is 0.226 e. The fraction of sp³-hybridized carbons (Fsp3) is 0.250. The van der Waals surface area contributed by atoms with Crippen molar-refractivity contribution in [3.8, 4) is 40.6 Å². The standard InChI is InChI=1S/C28H23ClN6O4S/c1-28(2)38-14-20(39-28)13-36-23-8-5-17(11-33-23)24-21(9-30)25(32)35-27(22(24)10-31)40-15-19-12-37-26(34-19)16-3-6-18(29)7-4-16/h3-8,11-12,20H,13-15H2,1-2H3,(H2,32,35)/t20-/m1/s1. The quantitative estimate of drug-likeness (QED) is 0.261. The van der Waals surface area contributed by atoms with Crippen molar-refractivity contribution in [3.63, 3.8) is 0 Å². The van der Waals surface area contributed by atoms with Crippen LogP contribution in [0.5, 0.6) is 5.88 Å². The highest BCUT2D eigenvalue weighted by Gasteiger charge is 2.33. The van der Waals surface area contributed by atoms with Gasteiger partial charge < -0.3 is 24.4 Å². The normalized spacial score (nSPS) is 15.9. The molecule has 0 unspecified atom stereocenters. The SMILES string of the molecule is CC1(C)OC[C@@H](COc2ccc(-c3c(C#N)c(N)nc(SCc4coc(-c5ccc(Cl)cc5)n4)c3C#N)cn2)O1. The van der Waals surface area contributed by atoms with E-state index in [2.05, 4.69) is 27.1 Å². The van der Waals surface area contributed by atoms with Crippen LogP contribution in [0.1, 0.15) is 30.7 Å². The van der Waals surface area contributed by atoms with Crippen LogP contribution < -0.4 is 10.5 Å². The zero-order valence-corrected chi connectivity index (χ0v) is 23.1. The van der Waals surface area contributed by atoms with E-state index in [1.54, 1.807) is 30.5 Å². The number of hydrogen-bond acceptors (Lipinski definition) is 11. The maximum absolute atomic E-state index is 10.1. The van der Waals surface area contributed by atoms with Crippen molar-refractivity contribution in [2.24, 2.45) is 0 Å². The Bertz CT molecular complexity index is 1610. The maximum atomic E-state index is 10.1. The lowest BCUT2D eigenvalue weighted by Gasteiger charge is -2.17. The highest BCUT2D eigenvalue weighted by atomic mass is 35.5. The van der Waals surface area contributed by atoms with Crippen LogP contribution in [0, 0.1) is 22.7 Å². The van der Waals surface area contributed by atoms with Gasteiger partial charge in [0.15, 0.2) is 5.79 Å². The number of ether oxygens (including phenoxy) is 3. The number of oxazole rings is 1. The molecule has 10 nitrogen and oxygen atoms in total. The predicted molar refractivity (Wildman–Crippen MR) is 148 cm³/mol. The van der Waals surface area contributed by atoms with Gasteiger partial charge >= 0.3 is 0 Å². The third-order valence-electron chi connectivity index (χ3n) is 5.92. The van der Waals surface area contributed by atoms with E-state index in [0.29, 0.717) is 51.0 Å². The van der Waals surface area contributed by atoms with Crippen LogP contribution in [-0.4, -0.2) is 40.1 Å². The van der Waals surface area contributed by atoms with Crippen molar-refractivity contribution in [2.75, 3.05) is 18.9 Å². The molecule has 1 saturated heterocycles.